The maximum Gasteiger partial charge on any atom is 0.255 e. The molecule has 4 aliphatic rings. The first-order chi connectivity index (χ1) is 21.7. The van der Waals surface area contributed by atoms with E-state index in [-0.39, 0.29) is 41.6 Å². The van der Waals surface area contributed by atoms with Gasteiger partial charge in [-0.25, -0.2) is 0 Å². The Morgan fingerprint density at radius 2 is 1.73 bits per heavy atom. The minimum Gasteiger partial charge on any atom is -0.507 e. The predicted octanol–water partition coefficient (Wildman–Crippen LogP) is 5.58. The molecule has 1 heterocycles. The van der Waals surface area contributed by atoms with Gasteiger partial charge in [-0.1, -0.05) is 42.5 Å². The van der Waals surface area contributed by atoms with Gasteiger partial charge in [0.25, 0.3) is 5.91 Å². The number of fused-ring (bicyclic) bond motifs is 1. The number of nitrogens with zero attached hydrogens (tertiary/aromatic N) is 1. The van der Waals surface area contributed by atoms with E-state index in [2.05, 4.69) is 46.6 Å². The van der Waals surface area contributed by atoms with Crippen molar-refractivity contribution in [2.45, 2.75) is 88.4 Å². The van der Waals surface area contributed by atoms with Gasteiger partial charge in [0.15, 0.2) is 0 Å². The van der Waals surface area contributed by atoms with Crippen LogP contribution in [0.4, 0.5) is 0 Å². The number of aromatic hydroxyl groups is 1. The van der Waals surface area contributed by atoms with Crippen molar-refractivity contribution >= 4 is 11.7 Å². The van der Waals surface area contributed by atoms with Crippen LogP contribution >= 0.6 is 0 Å². The van der Waals surface area contributed by atoms with E-state index in [9.17, 15) is 19.8 Å². The lowest BCUT2D eigenvalue weighted by Gasteiger charge is -2.63. The van der Waals surface area contributed by atoms with E-state index >= 15 is 0 Å². The van der Waals surface area contributed by atoms with Gasteiger partial charge in [0.05, 0.1) is 17.3 Å². The van der Waals surface area contributed by atoms with E-state index in [0.717, 1.165) is 41.1 Å². The van der Waals surface area contributed by atoms with Gasteiger partial charge < -0.3 is 20.3 Å². The first-order valence-corrected chi connectivity index (χ1v) is 16.6. The Morgan fingerprint density at radius 1 is 1.02 bits per heavy atom. The Labute approximate surface area is 265 Å². The van der Waals surface area contributed by atoms with Crippen molar-refractivity contribution in [2.75, 3.05) is 19.6 Å². The van der Waals surface area contributed by atoms with Crippen molar-refractivity contribution in [1.29, 1.82) is 0 Å². The Hall–Kier alpha value is -3.68. The van der Waals surface area contributed by atoms with Crippen LogP contribution in [-0.4, -0.2) is 64.2 Å². The summed E-state index contributed by atoms with van der Waals surface area (Å²) in [4.78, 5) is 28.8. The summed E-state index contributed by atoms with van der Waals surface area (Å²) in [5, 5.41) is 27.1. The van der Waals surface area contributed by atoms with Gasteiger partial charge in [0.2, 0.25) is 0 Å². The number of ether oxygens (including phenoxy) is 1. The Balaban J connectivity index is 1.05. The second-order valence-corrected chi connectivity index (χ2v) is 14.0. The van der Waals surface area contributed by atoms with Gasteiger partial charge in [-0.15, -0.1) is 0 Å². The molecule has 3 aromatic carbocycles. The van der Waals surface area contributed by atoms with Crippen LogP contribution < -0.4 is 10.1 Å². The SMILES string of the molecule is CC(C)Oc1ccc(-c2ccc(CCNC(=O)c3ccc4c(c3O)[C@]35CCN(CC6CC6)[C@H](C4)[C@]3(O)CCC(=O)C5)cc2)cc1. The van der Waals surface area contributed by atoms with Crippen molar-refractivity contribution in [2.24, 2.45) is 5.92 Å². The minimum absolute atomic E-state index is 0.0682. The number of carbonyl (C=O) groups is 2. The molecule has 3 N–H and O–H groups in total. The van der Waals surface area contributed by atoms with Crippen LogP contribution in [0.5, 0.6) is 11.5 Å². The number of nitrogens with one attached hydrogen (secondary N) is 1. The fourth-order valence-electron chi connectivity index (χ4n) is 8.31. The Morgan fingerprint density at radius 3 is 2.42 bits per heavy atom. The van der Waals surface area contributed by atoms with E-state index in [0.29, 0.717) is 50.1 Å². The molecule has 7 nitrogen and oxygen atoms in total. The molecular formula is C38H44N2O5. The standard InChI is InChI=1S/C38H44N2O5/c1-24(2)45-31-12-9-28(10-13-31)27-7-5-25(6-8-27)16-19-39-36(43)32-14-11-29-21-33-38(44)17-15-30(41)22-37(38,34(29)35(32)42)18-20-40(33)23-26-3-4-26/h5-14,24,26,33,42,44H,3-4,15-23H2,1-2H3,(H,39,43)/t33-,37-,38-/m1/s1. The van der Waals surface area contributed by atoms with E-state index in [1.165, 1.54) is 12.8 Å². The number of aliphatic hydroxyl groups is 1. The van der Waals surface area contributed by atoms with Crippen molar-refractivity contribution in [3.8, 4) is 22.6 Å². The van der Waals surface area contributed by atoms with E-state index < -0.39 is 11.0 Å². The third kappa shape index (κ3) is 5.44. The number of benzene rings is 3. The summed E-state index contributed by atoms with van der Waals surface area (Å²) < 4.78 is 5.74. The molecule has 3 fully saturated rings. The lowest BCUT2D eigenvalue weighted by atomic mass is 9.49. The molecule has 3 atom stereocenters. The quantitative estimate of drug-likeness (QED) is 0.293. The number of hydrogen-bond donors (Lipinski definition) is 3. The lowest BCUT2D eigenvalue weighted by molar-refractivity contribution is -0.173. The van der Waals surface area contributed by atoms with E-state index in [4.69, 9.17) is 4.74 Å². The number of phenolic OH excluding ortho intramolecular Hbond substituents is 1. The molecule has 0 spiro atoms. The average molecular weight is 609 g/mol. The number of likely N-dealkylation sites (tertiary alicyclic amines) is 1. The highest BCUT2D eigenvalue weighted by atomic mass is 16.5. The summed E-state index contributed by atoms with van der Waals surface area (Å²) in [5.74, 6) is 1.27. The number of ketones is 1. The lowest BCUT2D eigenvalue weighted by Crippen LogP contribution is -2.73. The normalized spacial score (nSPS) is 25.9. The largest absolute Gasteiger partial charge is 0.507 e. The van der Waals surface area contributed by atoms with Crippen LogP contribution in [0.1, 0.15) is 79.4 Å². The van der Waals surface area contributed by atoms with Crippen LogP contribution in [0, 0.1) is 5.92 Å². The molecule has 0 radical (unpaired) electrons. The van der Waals surface area contributed by atoms with Crippen molar-refractivity contribution in [3.05, 3.63) is 82.9 Å². The van der Waals surface area contributed by atoms with Gasteiger partial charge in [0.1, 0.15) is 17.3 Å². The molecule has 3 aromatic rings. The van der Waals surface area contributed by atoms with Gasteiger partial charge in [-0.2, -0.15) is 0 Å². The first-order valence-electron chi connectivity index (χ1n) is 16.6. The monoisotopic (exact) mass is 608 g/mol. The Bertz CT molecular complexity index is 1600. The van der Waals surface area contributed by atoms with Crippen LogP contribution in [0.2, 0.25) is 0 Å². The van der Waals surface area contributed by atoms with Gasteiger partial charge >= 0.3 is 0 Å². The fourth-order valence-corrected chi connectivity index (χ4v) is 8.31. The molecule has 2 saturated carbocycles. The number of carbonyl (C=O) groups excluding carboxylic acids is 2. The van der Waals surface area contributed by atoms with Gasteiger partial charge in [-0.3, -0.25) is 14.5 Å². The molecule has 236 valence electrons. The number of phenols is 1. The summed E-state index contributed by atoms with van der Waals surface area (Å²) in [6.45, 7) is 6.22. The zero-order chi connectivity index (χ0) is 31.3. The topological polar surface area (TPSA) is 99.1 Å². The second-order valence-electron chi connectivity index (χ2n) is 14.0. The maximum atomic E-state index is 13.4. The molecule has 7 heteroatoms. The van der Waals surface area contributed by atoms with E-state index in [1.807, 2.05) is 32.0 Å². The number of hydrogen-bond acceptors (Lipinski definition) is 6. The number of piperidine rings is 1. The Kier molecular flexibility index (Phi) is 7.73. The molecule has 0 unspecified atom stereocenters. The molecule has 2 bridgehead atoms. The van der Waals surface area contributed by atoms with Crippen molar-refractivity contribution < 1.29 is 24.5 Å². The summed E-state index contributed by atoms with van der Waals surface area (Å²) in [5.41, 5.74) is 3.17. The molecule has 1 aliphatic heterocycles. The fraction of sp³-hybridized carbons (Fsp3) is 0.474. The minimum atomic E-state index is -1.09. The van der Waals surface area contributed by atoms with Crippen molar-refractivity contribution in [1.82, 2.24) is 10.2 Å². The molecule has 0 aromatic heterocycles. The second kappa shape index (κ2) is 11.6. The van der Waals surface area contributed by atoms with Gasteiger partial charge in [-0.05, 0) is 105 Å². The first kappa shape index (κ1) is 30.0. The summed E-state index contributed by atoms with van der Waals surface area (Å²) in [6.07, 6.45) is 5.49. The smallest absolute Gasteiger partial charge is 0.255 e. The summed E-state index contributed by atoms with van der Waals surface area (Å²) in [7, 11) is 0. The van der Waals surface area contributed by atoms with Gasteiger partial charge in [0, 0.05) is 43.0 Å². The highest BCUT2D eigenvalue weighted by Crippen LogP contribution is 2.60. The third-order valence-electron chi connectivity index (χ3n) is 10.7. The highest BCUT2D eigenvalue weighted by Gasteiger charge is 2.65. The third-order valence-corrected chi connectivity index (χ3v) is 10.7. The van der Waals surface area contributed by atoms with Crippen molar-refractivity contribution in [3.63, 3.8) is 0 Å². The van der Waals surface area contributed by atoms with Crippen LogP contribution in [-0.2, 0) is 23.1 Å². The molecule has 3 aliphatic carbocycles. The maximum absolute atomic E-state index is 13.4. The molecule has 1 saturated heterocycles. The summed E-state index contributed by atoms with van der Waals surface area (Å²) in [6, 6.07) is 20.0. The molecule has 1 amide bonds. The highest BCUT2D eigenvalue weighted by molar-refractivity contribution is 5.98. The van der Waals surface area contributed by atoms with Crippen LogP contribution in [0.3, 0.4) is 0 Å². The zero-order valence-corrected chi connectivity index (χ0v) is 26.4. The number of amides is 1. The van der Waals surface area contributed by atoms with E-state index in [1.54, 1.807) is 6.07 Å². The summed E-state index contributed by atoms with van der Waals surface area (Å²) >= 11 is 0. The number of Topliss-reactive ketones (excluding diaryl/α,β-unsaturated/α-hetero) is 1. The van der Waals surface area contributed by atoms with Crippen LogP contribution in [0.15, 0.2) is 60.7 Å². The van der Waals surface area contributed by atoms with Crippen LogP contribution in [0.25, 0.3) is 11.1 Å². The molecule has 45 heavy (non-hydrogen) atoms. The predicted molar refractivity (Wildman–Crippen MR) is 174 cm³/mol. The molecular weight excluding hydrogens is 564 g/mol. The average Bonchev–Trinajstić information content (AvgIpc) is 3.83. The number of rotatable bonds is 9. The zero-order valence-electron chi connectivity index (χ0n) is 26.4. The molecule has 7 rings (SSSR count).